The van der Waals surface area contributed by atoms with Crippen LogP contribution in [0.1, 0.15) is 32.3 Å². The van der Waals surface area contributed by atoms with E-state index in [1.165, 1.54) is 0 Å². The van der Waals surface area contributed by atoms with Gasteiger partial charge in [0.2, 0.25) is 0 Å². The second kappa shape index (κ2) is 5.91. The van der Waals surface area contributed by atoms with Crippen molar-refractivity contribution in [3.05, 3.63) is 35.8 Å². The normalized spacial score (nSPS) is 12.4. The molecule has 0 aliphatic rings. The Morgan fingerprint density at radius 3 is 2.65 bits per heavy atom. The van der Waals surface area contributed by atoms with Crippen molar-refractivity contribution in [3.8, 4) is 0 Å². The van der Waals surface area contributed by atoms with Gasteiger partial charge >= 0.3 is 0 Å². The quantitative estimate of drug-likeness (QED) is 0.786. The molecule has 2 heterocycles. The third kappa shape index (κ3) is 3.07. The highest BCUT2D eigenvalue weighted by atomic mass is 16.5. The maximum Gasteiger partial charge on any atom is 0.136 e. The molecule has 3 rings (SSSR count). The van der Waals surface area contributed by atoms with Gasteiger partial charge in [-0.1, -0.05) is 18.2 Å². The monoisotopic (exact) mass is 313 g/mol. The molecular weight excluding hydrogens is 290 g/mol. The maximum atomic E-state index is 10.3. The fraction of sp³-hybridized carbons (Fsp3) is 0.444. The lowest BCUT2D eigenvalue weighted by Crippen LogP contribution is -2.27. The Bertz CT molecular complexity index is 847. The fourth-order valence-electron chi connectivity index (χ4n) is 2.89. The van der Waals surface area contributed by atoms with E-state index in [1.807, 2.05) is 32.0 Å². The molecule has 5 nitrogen and oxygen atoms in total. The van der Waals surface area contributed by atoms with Crippen LogP contribution in [0.4, 0.5) is 0 Å². The summed E-state index contributed by atoms with van der Waals surface area (Å²) in [5, 5.41) is 11.4. The van der Waals surface area contributed by atoms with Crippen molar-refractivity contribution in [2.24, 2.45) is 0 Å². The lowest BCUT2D eigenvalue weighted by molar-refractivity contribution is 0.0582. The van der Waals surface area contributed by atoms with E-state index in [2.05, 4.69) is 15.6 Å². The van der Waals surface area contributed by atoms with Crippen LogP contribution in [-0.2, 0) is 17.9 Å². The molecule has 0 bridgehead atoms. The van der Waals surface area contributed by atoms with E-state index in [-0.39, 0.29) is 0 Å². The first-order valence-corrected chi connectivity index (χ1v) is 7.95. The number of para-hydroxylation sites is 1. The van der Waals surface area contributed by atoms with E-state index in [9.17, 15) is 5.11 Å². The molecule has 1 aromatic carbocycles. The number of benzene rings is 1. The van der Waals surface area contributed by atoms with E-state index >= 15 is 0 Å². The predicted octanol–water partition coefficient (Wildman–Crippen LogP) is 3.20. The number of ether oxygens (including phenoxy) is 1. The summed E-state index contributed by atoms with van der Waals surface area (Å²) in [7, 11) is 0. The summed E-state index contributed by atoms with van der Waals surface area (Å²) >= 11 is 0. The van der Waals surface area contributed by atoms with Crippen LogP contribution >= 0.6 is 0 Å². The highest BCUT2D eigenvalue weighted by molar-refractivity contribution is 6.03. The number of aryl methyl sites for hydroxylation is 1. The van der Waals surface area contributed by atoms with Crippen molar-refractivity contribution in [1.29, 1.82) is 0 Å². The zero-order valence-corrected chi connectivity index (χ0v) is 14.1. The van der Waals surface area contributed by atoms with Crippen LogP contribution in [0.25, 0.3) is 21.9 Å². The van der Waals surface area contributed by atoms with E-state index in [1.54, 1.807) is 13.8 Å². The number of hydrogen-bond donors (Lipinski definition) is 1. The predicted molar refractivity (Wildman–Crippen MR) is 91.4 cm³/mol. The van der Waals surface area contributed by atoms with Crippen LogP contribution < -0.4 is 0 Å². The van der Waals surface area contributed by atoms with Gasteiger partial charge in [-0.15, -0.1) is 0 Å². The summed E-state index contributed by atoms with van der Waals surface area (Å²) < 4.78 is 7.64. The van der Waals surface area contributed by atoms with Gasteiger partial charge in [0, 0.05) is 12.0 Å². The minimum Gasteiger partial charge on any atom is -0.389 e. The van der Waals surface area contributed by atoms with Crippen LogP contribution in [0.15, 0.2) is 24.3 Å². The van der Waals surface area contributed by atoms with Crippen LogP contribution in [0.5, 0.6) is 0 Å². The molecule has 0 spiro atoms. The first kappa shape index (κ1) is 15.9. The van der Waals surface area contributed by atoms with Crippen molar-refractivity contribution in [2.45, 2.75) is 46.4 Å². The first-order valence-electron chi connectivity index (χ1n) is 7.95. The van der Waals surface area contributed by atoms with Gasteiger partial charge in [0.05, 0.1) is 28.9 Å². The van der Waals surface area contributed by atoms with Gasteiger partial charge in [0.25, 0.3) is 0 Å². The summed E-state index contributed by atoms with van der Waals surface area (Å²) in [6.45, 7) is 9.06. The molecule has 122 valence electrons. The molecule has 2 aromatic heterocycles. The fourth-order valence-corrected chi connectivity index (χ4v) is 2.89. The Morgan fingerprint density at radius 2 is 1.96 bits per heavy atom. The number of aliphatic hydroxyl groups is 1. The molecule has 0 saturated heterocycles. The number of fused-ring (bicyclic) bond motifs is 3. The smallest absolute Gasteiger partial charge is 0.136 e. The van der Waals surface area contributed by atoms with Gasteiger partial charge in [0.15, 0.2) is 0 Å². The molecular formula is C18H23N3O2. The SMILES string of the molecule is CCOCc1nc2c(C)nc3ccccc3c2n1CC(C)(C)O. The molecule has 0 saturated carbocycles. The van der Waals surface area contributed by atoms with E-state index in [0.29, 0.717) is 19.8 Å². The minimum absolute atomic E-state index is 0.426. The molecule has 0 unspecified atom stereocenters. The highest BCUT2D eigenvalue weighted by Gasteiger charge is 2.21. The molecule has 3 aromatic rings. The Labute approximate surface area is 135 Å². The summed E-state index contributed by atoms with van der Waals surface area (Å²) in [6, 6.07) is 8.05. The number of hydrogen-bond acceptors (Lipinski definition) is 4. The standard InChI is InChI=1S/C18H23N3O2/c1-5-23-10-15-20-16-12(2)19-14-9-7-6-8-13(14)17(16)21(15)11-18(3,4)22/h6-9,22H,5,10-11H2,1-4H3. The maximum absolute atomic E-state index is 10.3. The largest absolute Gasteiger partial charge is 0.389 e. The number of imidazole rings is 1. The summed E-state index contributed by atoms with van der Waals surface area (Å²) in [4.78, 5) is 9.40. The van der Waals surface area contributed by atoms with Gasteiger partial charge < -0.3 is 14.4 Å². The lowest BCUT2D eigenvalue weighted by Gasteiger charge is -2.20. The summed E-state index contributed by atoms with van der Waals surface area (Å²) in [5.41, 5.74) is 2.89. The van der Waals surface area contributed by atoms with Crippen molar-refractivity contribution in [1.82, 2.24) is 14.5 Å². The van der Waals surface area contributed by atoms with Gasteiger partial charge in [0.1, 0.15) is 17.9 Å². The van der Waals surface area contributed by atoms with Gasteiger partial charge in [-0.3, -0.25) is 4.98 Å². The van der Waals surface area contributed by atoms with E-state index in [4.69, 9.17) is 9.72 Å². The van der Waals surface area contributed by atoms with Crippen molar-refractivity contribution >= 4 is 21.9 Å². The van der Waals surface area contributed by atoms with Crippen LogP contribution in [-0.4, -0.2) is 31.8 Å². The average Bonchev–Trinajstić information content (AvgIpc) is 2.83. The van der Waals surface area contributed by atoms with Gasteiger partial charge in [-0.05, 0) is 33.8 Å². The zero-order chi connectivity index (χ0) is 16.6. The third-order valence-electron chi connectivity index (χ3n) is 3.82. The molecule has 5 heteroatoms. The molecule has 23 heavy (non-hydrogen) atoms. The molecule has 0 amide bonds. The second-order valence-electron chi connectivity index (χ2n) is 6.48. The molecule has 0 atom stereocenters. The van der Waals surface area contributed by atoms with E-state index < -0.39 is 5.60 Å². The molecule has 1 N–H and O–H groups in total. The van der Waals surface area contributed by atoms with E-state index in [0.717, 1.165) is 33.5 Å². The number of aromatic nitrogens is 3. The van der Waals surface area contributed by atoms with Crippen LogP contribution in [0.3, 0.4) is 0 Å². The lowest BCUT2D eigenvalue weighted by atomic mass is 10.1. The van der Waals surface area contributed by atoms with Crippen LogP contribution in [0, 0.1) is 6.92 Å². The molecule has 0 aliphatic heterocycles. The first-order chi connectivity index (χ1) is 10.9. The summed E-state index contributed by atoms with van der Waals surface area (Å²) in [6.07, 6.45) is 0. The number of pyridine rings is 1. The topological polar surface area (TPSA) is 60.2 Å². The Morgan fingerprint density at radius 1 is 1.22 bits per heavy atom. The van der Waals surface area contributed by atoms with Gasteiger partial charge in [-0.25, -0.2) is 4.98 Å². The van der Waals surface area contributed by atoms with Crippen molar-refractivity contribution < 1.29 is 9.84 Å². The van der Waals surface area contributed by atoms with Crippen LogP contribution in [0.2, 0.25) is 0 Å². The molecule has 0 fully saturated rings. The van der Waals surface area contributed by atoms with Gasteiger partial charge in [-0.2, -0.15) is 0 Å². The Hall–Kier alpha value is -1.98. The average molecular weight is 313 g/mol. The second-order valence-corrected chi connectivity index (χ2v) is 6.48. The number of rotatable bonds is 5. The van der Waals surface area contributed by atoms with Crippen molar-refractivity contribution in [2.75, 3.05) is 6.61 Å². The highest BCUT2D eigenvalue weighted by Crippen LogP contribution is 2.28. The Balaban J connectivity index is 2.32. The minimum atomic E-state index is -0.840. The Kier molecular flexibility index (Phi) is 4.08. The third-order valence-corrected chi connectivity index (χ3v) is 3.82. The number of nitrogens with zero attached hydrogens (tertiary/aromatic N) is 3. The van der Waals surface area contributed by atoms with Crippen molar-refractivity contribution in [3.63, 3.8) is 0 Å². The molecule has 0 aliphatic carbocycles. The summed E-state index contributed by atoms with van der Waals surface area (Å²) in [5.74, 6) is 0.824. The zero-order valence-electron chi connectivity index (χ0n) is 14.1. The molecule has 0 radical (unpaired) electrons.